The minimum Gasteiger partial charge on any atom is -0.368 e. The standard InChI is InChI=1S/C15H20BrFN2O/c16-10-7-8-13(17)12(9-10)14(15(18)20)19-11-5-3-1-2-4-6-11/h7-9,11,14,19H,1-6H2,(H2,18,20). The molecule has 1 aliphatic rings. The van der Waals surface area contributed by atoms with Crippen LogP contribution in [0.2, 0.25) is 0 Å². The quantitative estimate of drug-likeness (QED) is 0.823. The van der Waals surface area contributed by atoms with Gasteiger partial charge in [0.15, 0.2) is 0 Å². The number of rotatable bonds is 4. The summed E-state index contributed by atoms with van der Waals surface area (Å²) in [5, 5.41) is 3.24. The van der Waals surface area contributed by atoms with Crippen molar-refractivity contribution < 1.29 is 9.18 Å². The molecule has 2 rings (SSSR count). The Morgan fingerprint density at radius 2 is 1.95 bits per heavy atom. The van der Waals surface area contributed by atoms with E-state index in [0.717, 1.165) is 30.2 Å². The van der Waals surface area contributed by atoms with Crippen LogP contribution in [0.3, 0.4) is 0 Å². The fourth-order valence-electron chi connectivity index (χ4n) is 2.74. The van der Waals surface area contributed by atoms with Gasteiger partial charge >= 0.3 is 0 Å². The Labute approximate surface area is 127 Å². The highest BCUT2D eigenvalue weighted by Crippen LogP contribution is 2.25. The van der Waals surface area contributed by atoms with Crippen molar-refractivity contribution in [3.8, 4) is 0 Å². The van der Waals surface area contributed by atoms with E-state index in [1.165, 1.54) is 18.9 Å². The topological polar surface area (TPSA) is 55.1 Å². The number of hydrogen-bond donors (Lipinski definition) is 2. The molecule has 0 spiro atoms. The molecule has 1 aromatic rings. The van der Waals surface area contributed by atoms with Crippen LogP contribution in [-0.4, -0.2) is 11.9 Å². The second-order valence-electron chi connectivity index (χ2n) is 5.36. The van der Waals surface area contributed by atoms with Crippen LogP contribution in [-0.2, 0) is 4.79 Å². The van der Waals surface area contributed by atoms with E-state index in [-0.39, 0.29) is 6.04 Å². The van der Waals surface area contributed by atoms with Crippen LogP contribution in [0, 0.1) is 5.82 Å². The van der Waals surface area contributed by atoms with Gasteiger partial charge in [-0.05, 0) is 31.0 Å². The summed E-state index contributed by atoms with van der Waals surface area (Å²) in [7, 11) is 0. The predicted molar refractivity (Wildman–Crippen MR) is 80.7 cm³/mol. The third-order valence-electron chi connectivity index (χ3n) is 3.81. The average molecular weight is 343 g/mol. The lowest BCUT2D eigenvalue weighted by molar-refractivity contribution is -0.120. The summed E-state index contributed by atoms with van der Waals surface area (Å²) < 4.78 is 14.7. The van der Waals surface area contributed by atoms with Gasteiger partial charge in [0.05, 0.1) is 0 Å². The van der Waals surface area contributed by atoms with E-state index in [0.29, 0.717) is 5.56 Å². The molecule has 1 aromatic carbocycles. The van der Waals surface area contributed by atoms with Crippen LogP contribution in [0.4, 0.5) is 4.39 Å². The van der Waals surface area contributed by atoms with Crippen molar-refractivity contribution in [2.75, 3.05) is 0 Å². The minimum absolute atomic E-state index is 0.230. The van der Waals surface area contributed by atoms with Gasteiger partial charge in [-0.25, -0.2) is 4.39 Å². The summed E-state index contributed by atoms with van der Waals surface area (Å²) in [4.78, 5) is 11.7. The monoisotopic (exact) mass is 342 g/mol. The molecule has 0 saturated heterocycles. The molecule has 1 aliphatic carbocycles. The van der Waals surface area contributed by atoms with Crippen molar-refractivity contribution in [2.45, 2.75) is 50.6 Å². The summed E-state index contributed by atoms with van der Waals surface area (Å²) in [5.41, 5.74) is 5.78. The third kappa shape index (κ3) is 4.03. The molecular formula is C15H20BrFN2O. The molecular weight excluding hydrogens is 323 g/mol. The Morgan fingerprint density at radius 1 is 1.30 bits per heavy atom. The highest BCUT2D eigenvalue weighted by Gasteiger charge is 2.25. The zero-order valence-corrected chi connectivity index (χ0v) is 13.0. The van der Waals surface area contributed by atoms with Gasteiger partial charge in [-0.2, -0.15) is 0 Å². The Kier molecular flexibility index (Phi) is 5.54. The van der Waals surface area contributed by atoms with Crippen LogP contribution in [0.25, 0.3) is 0 Å². The predicted octanol–water partition coefficient (Wildman–Crippen LogP) is 3.43. The van der Waals surface area contributed by atoms with Crippen molar-refractivity contribution in [1.29, 1.82) is 0 Å². The van der Waals surface area contributed by atoms with E-state index < -0.39 is 17.8 Å². The van der Waals surface area contributed by atoms with E-state index >= 15 is 0 Å². The lowest BCUT2D eigenvalue weighted by Gasteiger charge is -2.23. The van der Waals surface area contributed by atoms with Crippen molar-refractivity contribution in [2.24, 2.45) is 5.73 Å². The van der Waals surface area contributed by atoms with Crippen LogP contribution in [0.15, 0.2) is 22.7 Å². The maximum Gasteiger partial charge on any atom is 0.239 e. The zero-order valence-electron chi connectivity index (χ0n) is 11.4. The second-order valence-corrected chi connectivity index (χ2v) is 6.27. The van der Waals surface area contributed by atoms with Gasteiger partial charge in [0.2, 0.25) is 5.91 Å². The molecule has 1 atom stereocenters. The number of primary amides is 1. The number of nitrogens with two attached hydrogens (primary N) is 1. The molecule has 0 aromatic heterocycles. The molecule has 1 fully saturated rings. The molecule has 0 radical (unpaired) electrons. The molecule has 3 N–H and O–H groups in total. The zero-order chi connectivity index (χ0) is 14.5. The molecule has 1 saturated carbocycles. The van der Waals surface area contributed by atoms with Crippen molar-refractivity contribution >= 4 is 21.8 Å². The smallest absolute Gasteiger partial charge is 0.239 e. The van der Waals surface area contributed by atoms with E-state index in [4.69, 9.17) is 5.73 Å². The van der Waals surface area contributed by atoms with Gasteiger partial charge in [0.25, 0.3) is 0 Å². The molecule has 20 heavy (non-hydrogen) atoms. The molecule has 110 valence electrons. The van der Waals surface area contributed by atoms with Gasteiger partial charge < -0.3 is 5.73 Å². The van der Waals surface area contributed by atoms with Crippen LogP contribution in [0.1, 0.15) is 50.1 Å². The van der Waals surface area contributed by atoms with Gasteiger partial charge in [-0.15, -0.1) is 0 Å². The lowest BCUT2D eigenvalue weighted by Crippen LogP contribution is -2.40. The summed E-state index contributed by atoms with van der Waals surface area (Å²) in [6, 6.07) is 4.05. The Balaban J connectivity index is 2.17. The molecule has 0 heterocycles. The maximum atomic E-state index is 13.9. The number of carbonyl (C=O) groups excluding carboxylic acids is 1. The molecule has 3 nitrogen and oxygen atoms in total. The Hall–Kier alpha value is -0.940. The lowest BCUT2D eigenvalue weighted by atomic mass is 10.0. The van der Waals surface area contributed by atoms with Crippen LogP contribution < -0.4 is 11.1 Å². The third-order valence-corrected chi connectivity index (χ3v) is 4.30. The average Bonchev–Trinajstić information content (AvgIpc) is 2.67. The van der Waals surface area contributed by atoms with E-state index in [9.17, 15) is 9.18 Å². The van der Waals surface area contributed by atoms with E-state index in [1.54, 1.807) is 12.1 Å². The molecule has 1 amide bonds. The SMILES string of the molecule is NC(=O)C(NC1CCCCCC1)c1cc(Br)ccc1F. The maximum absolute atomic E-state index is 13.9. The first-order chi connectivity index (χ1) is 9.58. The second kappa shape index (κ2) is 7.18. The molecule has 5 heteroatoms. The summed E-state index contributed by atoms with van der Waals surface area (Å²) >= 11 is 3.30. The van der Waals surface area contributed by atoms with Gasteiger partial charge in [-0.1, -0.05) is 41.6 Å². The normalized spacial score (nSPS) is 18.5. The largest absolute Gasteiger partial charge is 0.368 e. The minimum atomic E-state index is -0.768. The summed E-state index contributed by atoms with van der Waals surface area (Å²) in [5.74, 6) is -0.940. The number of benzene rings is 1. The fraction of sp³-hybridized carbons (Fsp3) is 0.533. The van der Waals surface area contributed by atoms with Crippen molar-refractivity contribution in [3.63, 3.8) is 0 Å². The summed E-state index contributed by atoms with van der Waals surface area (Å²) in [6.45, 7) is 0. The fourth-order valence-corrected chi connectivity index (χ4v) is 3.12. The first-order valence-electron chi connectivity index (χ1n) is 7.08. The molecule has 1 unspecified atom stereocenters. The number of amides is 1. The van der Waals surface area contributed by atoms with Crippen molar-refractivity contribution in [1.82, 2.24) is 5.32 Å². The van der Waals surface area contributed by atoms with Crippen LogP contribution >= 0.6 is 15.9 Å². The van der Waals surface area contributed by atoms with Gasteiger partial charge in [0, 0.05) is 16.1 Å². The van der Waals surface area contributed by atoms with Gasteiger partial charge in [0.1, 0.15) is 11.9 Å². The Bertz CT molecular complexity index is 473. The number of halogens is 2. The molecule has 0 aliphatic heterocycles. The number of hydrogen-bond acceptors (Lipinski definition) is 2. The number of carbonyl (C=O) groups is 1. The number of nitrogens with one attached hydrogen (secondary N) is 1. The Morgan fingerprint density at radius 3 is 2.55 bits per heavy atom. The first-order valence-corrected chi connectivity index (χ1v) is 7.87. The van der Waals surface area contributed by atoms with E-state index in [2.05, 4.69) is 21.2 Å². The summed E-state index contributed by atoms with van der Waals surface area (Å²) in [6.07, 6.45) is 6.77. The highest BCUT2D eigenvalue weighted by atomic mass is 79.9. The van der Waals surface area contributed by atoms with Crippen molar-refractivity contribution in [3.05, 3.63) is 34.1 Å². The van der Waals surface area contributed by atoms with Gasteiger partial charge in [-0.3, -0.25) is 10.1 Å². The molecule has 0 bridgehead atoms. The van der Waals surface area contributed by atoms with E-state index in [1.807, 2.05) is 0 Å². The van der Waals surface area contributed by atoms with Crippen LogP contribution in [0.5, 0.6) is 0 Å². The highest BCUT2D eigenvalue weighted by molar-refractivity contribution is 9.10. The first kappa shape index (κ1) is 15.4.